The van der Waals surface area contributed by atoms with Gasteiger partial charge in [0.25, 0.3) is 15.9 Å². The minimum absolute atomic E-state index is 0.0292. The van der Waals surface area contributed by atoms with Gasteiger partial charge in [0.15, 0.2) is 0 Å². The van der Waals surface area contributed by atoms with E-state index >= 15 is 0 Å². The summed E-state index contributed by atoms with van der Waals surface area (Å²) in [6.45, 7) is 2.35. The Hall–Kier alpha value is -3.17. The number of aromatic nitrogens is 1. The topological polar surface area (TPSA) is 105 Å². The van der Waals surface area contributed by atoms with Gasteiger partial charge < -0.3 is 9.73 Å². The molecule has 0 saturated carbocycles. The van der Waals surface area contributed by atoms with Gasteiger partial charge in [-0.25, -0.2) is 8.42 Å². The Kier molecular flexibility index (Phi) is 6.87. The second-order valence-electron chi connectivity index (χ2n) is 7.70. The molecule has 1 amide bonds. The number of nitrogens with one attached hydrogen (secondary N) is 2. The summed E-state index contributed by atoms with van der Waals surface area (Å²) in [6.07, 6.45) is 8.14. The Bertz CT molecular complexity index is 1110. The fraction of sp³-hybridized carbons (Fsp3) is 0.304. The van der Waals surface area contributed by atoms with E-state index < -0.39 is 10.0 Å². The average molecular weight is 455 g/mol. The third-order valence-electron chi connectivity index (χ3n) is 5.52. The van der Waals surface area contributed by atoms with Crippen LogP contribution in [0.4, 0.5) is 5.69 Å². The van der Waals surface area contributed by atoms with E-state index in [4.69, 9.17) is 4.42 Å². The molecule has 1 saturated heterocycles. The molecule has 8 nitrogen and oxygen atoms in total. The van der Waals surface area contributed by atoms with Crippen LogP contribution >= 0.6 is 0 Å². The van der Waals surface area contributed by atoms with Crippen molar-refractivity contribution >= 4 is 21.6 Å². The van der Waals surface area contributed by atoms with Gasteiger partial charge >= 0.3 is 0 Å². The fourth-order valence-electron chi connectivity index (χ4n) is 3.83. The highest BCUT2D eigenvalue weighted by Gasteiger charge is 2.25. The second kappa shape index (κ2) is 9.97. The van der Waals surface area contributed by atoms with Gasteiger partial charge in [-0.05, 0) is 74.5 Å². The van der Waals surface area contributed by atoms with Crippen molar-refractivity contribution in [2.24, 2.45) is 0 Å². The second-order valence-corrected chi connectivity index (χ2v) is 9.39. The summed E-state index contributed by atoms with van der Waals surface area (Å²) in [7, 11) is -3.75. The first kappa shape index (κ1) is 22.0. The maximum absolute atomic E-state index is 12.7. The number of likely N-dealkylation sites (tertiary alicyclic amines) is 1. The molecule has 3 heterocycles. The number of hydrogen-bond acceptors (Lipinski definition) is 6. The zero-order valence-corrected chi connectivity index (χ0v) is 18.4. The van der Waals surface area contributed by atoms with Gasteiger partial charge in [-0.1, -0.05) is 6.42 Å². The van der Waals surface area contributed by atoms with E-state index in [9.17, 15) is 13.2 Å². The van der Waals surface area contributed by atoms with Crippen LogP contribution in [0.3, 0.4) is 0 Å². The van der Waals surface area contributed by atoms with Gasteiger partial charge in [0.05, 0.1) is 22.9 Å². The number of sulfonamides is 1. The summed E-state index contributed by atoms with van der Waals surface area (Å²) >= 11 is 0. The molecule has 0 aliphatic carbocycles. The molecule has 2 aromatic heterocycles. The molecule has 4 rings (SSSR count). The molecule has 168 valence electrons. The Balaban J connectivity index is 1.41. The lowest BCUT2D eigenvalue weighted by atomic mass is 10.1. The van der Waals surface area contributed by atoms with Crippen molar-refractivity contribution in [2.75, 3.05) is 24.4 Å². The van der Waals surface area contributed by atoms with Crippen LogP contribution in [-0.4, -0.2) is 43.8 Å². The van der Waals surface area contributed by atoms with Crippen LogP contribution < -0.4 is 10.0 Å². The standard InChI is InChI=1S/C23H26N4O4S/c28-23(25-17-21(22-5-4-16-31-22)27-14-2-1-3-15-27)18-6-8-20(9-7-18)32(29,30)26-19-10-12-24-13-11-19/h4-13,16,21H,1-3,14-15,17H2,(H,24,26)(H,25,28). The third-order valence-corrected chi connectivity index (χ3v) is 6.92. The molecule has 0 radical (unpaired) electrons. The summed E-state index contributed by atoms with van der Waals surface area (Å²) in [4.78, 5) is 19.0. The van der Waals surface area contributed by atoms with E-state index in [2.05, 4.69) is 19.9 Å². The highest BCUT2D eigenvalue weighted by molar-refractivity contribution is 7.92. The van der Waals surface area contributed by atoms with Crippen LogP contribution in [0.15, 0.2) is 76.5 Å². The van der Waals surface area contributed by atoms with Crippen molar-refractivity contribution in [1.82, 2.24) is 15.2 Å². The van der Waals surface area contributed by atoms with Crippen molar-refractivity contribution < 1.29 is 17.6 Å². The molecular weight excluding hydrogens is 428 g/mol. The lowest BCUT2D eigenvalue weighted by molar-refractivity contribution is 0.0914. The van der Waals surface area contributed by atoms with Gasteiger partial charge in [-0.3, -0.25) is 19.4 Å². The van der Waals surface area contributed by atoms with Crippen LogP contribution in [0.2, 0.25) is 0 Å². The van der Waals surface area contributed by atoms with Crippen LogP contribution in [0.25, 0.3) is 0 Å². The van der Waals surface area contributed by atoms with Crippen LogP contribution in [0.5, 0.6) is 0 Å². The lowest BCUT2D eigenvalue weighted by Crippen LogP contribution is -2.40. The molecule has 0 spiro atoms. The number of rotatable bonds is 8. The molecule has 3 aromatic rings. The molecule has 1 fully saturated rings. The predicted octanol–water partition coefficient (Wildman–Crippen LogP) is 3.43. The maximum Gasteiger partial charge on any atom is 0.261 e. The summed E-state index contributed by atoms with van der Waals surface area (Å²) in [5.74, 6) is 0.570. The number of anilines is 1. The molecule has 2 N–H and O–H groups in total. The van der Waals surface area contributed by atoms with Crippen LogP contribution in [0, 0.1) is 0 Å². The zero-order chi connectivity index (χ0) is 22.4. The highest BCUT2D eigenvalue weighted by Crippen LogP contribution is 2.24. The van der Waals surface area contributed by atoms with Crippen molar-refractivity contribution in [1.29, 1.82) is 0 Å². The first-order valence-corrected chi connectivity index (χ1v) is 12.1. The van der Waals surface area contributed by atoms with Crippen molar-refractivity contribution in [3.05, 3.63) is 78.5 Å². The third kappa shape index (κ3) is 5.35. The summed E-state index contributed by atoms with van der Waals surface area (Å²) in [5, 5.41) is 2.97. The molecule has 1 aromatic carbocycles. The largest absolute Gasteiger partial charge is 0.468 e. The molecule has 0 bridgehead atoms. The normalized spacial score (nSPS) is 15.8. The first-order valence-electron chi connectivity index (χ1n) is 10.6. The van der Waals surface area contributed by atoms with Gasteiger partial charge in [0, 0.05) is 24.5 Å². The summed E-state index contributed by atoms with van der Waals surface area (Å²) < 4.78 is 33.2. The van der Waals surface area contributed by atoms with E-state index in [1.807, 2.05) is 12.1 Å². The quantitative estimate of drug-likeness (QED) is 0.540. The van der Waals surface area contributed by atoms with E-state index in [0.29, 0.717) is 17.8 Å². The number of pyridine rings is 1. The molecule has 1 atom stereocenters. The Morgan fingerprint density at radius 2 is 1.75 bits per heavy atom. The van der Waals surface area contributed by atoms with Crippen LogP contribution in [0.1, 0.15) is 41.4 Å². The summed E-state index contributed by atoms with van der Waals surface area (Å²) in [6, 6.07) is 12.8. The van der Waals surface area contributed by atoms with Gasteiger partial charge in [-0.15, -0.1) is 0 Å². The number of piperidine rings is 1. The Labute approximate surface area is 187 Å². The zero-order valence-electron chi connectivity index (χ0n) is 17.6. The minimum Gasteiger partial charge on any atom is -0.468 e. The highest BCUT2D eigenvalue weighted by atomic mass is 32.2. The van der Waals surface area contributed by atoms with Crippen molar-refractivity contribution in [3.63, 3.8) is 0 Å². The molecule has 1 aliphatic heterocycles. The molecule has 9 heteroatoms. The van der Waals surface area contributed by atoms with E-state index in [-0.39, 0.29) is 16.8 Å². The molecule has 1 aliphatic rings. The number of carbonyl (C=O) groups is 1. The number of hydrogen-bond donors (Lipinski definition) is 2. The average Bonchev–Trinajstić information content (AvgIpc) is 3.35. The summed E-state index contributed by atoms with van der Waals surface area (Å²) in [5.41, 5.74) is 0.813. The SMILES string of the molecule is O=C(NCC(c1ccco1)N1CCCCC1)c1ccc(S(=O)(=O)Nc2ccncc2)cc1. The molecule has 32 heavy (non-hydrogen) atoms. The Morgan fingerprint density at radius 1 is 1.03 bits per heavy atom. The number of carbonyl (C=O) groups excluding carboxylic acids is 1. The monoisotopic (exact) mass is 454 g/mol. The molecule has 1 unspecified atom stereocenters. The Morgan fingerprint density at radius 3 is 2.41 bits per heavy atom. The van der Waals surface area contributed by atoms with Gasteiger partial charge in [-0.2, -0.15) is 0 Å². The van der Waals surface area contributed by atoms with E-state index in [1.54, 1.807) is 18.4 Å². The van der Waals surface area contributed by atoms with E-state index in [0.717, 1.165) is 31.7 Å². The smallest absolute Gasteiger partial charge is 0.261 e. The predicted molar refractivity (Wildman–Crippen MR) is 121 cm³/mol. The van der Waals surface area contributed by atoms with Gasteiger partial charge in [0.1, 0.15) is 5.76 Å². The number of furan rings is 1. The minimum atomic E-state index is -3.75. The first-order chi connectivity index (χ1) is 15.5. The number of benzene rings is 1. The van der Waals surface area contributed by atoms with Gasteiger partial charge in [0.2, 0.25) is 0 Å². The number of nitrogens with zero attached hydrogens (tertiary/aromatic N) is 2. The van der Waals surface area contributed by atoms with E-state index in [1.165, 1.54) is 43.1 Å². The van der Waals surface area contributed by atoms with Crippen molar-refractivity contribution in [2.45, 2.75) is 30.2 Å². The number of amides is 1. The maximum atomic E-state index is 12.7. The lowest BCUT2D eigenvalue weighted by Gasteiger charge is -2.33. The molecular formula is C23H26N4O4S. The fourth-order valence-corrected chi connectivity index (χ4v) is 4.89. The van der Waals surface area contributed by atoms with Crippen molar-refractivity contribution in [3.8, 4) is 0 Å². The van der Waals surface area contributed by atoms with Crippen LogP contribution in [-0.2, 0) is 10.0 Å².